The molecule has 76 valence electrons. The van der Waals surface area contributed by atoms with Gasteiger partial charge in [-0.25, -0.2) is 0 Å². The summed E-state index contributed by atoms with van der Waals surface area (Å²) in [5, 5.41) is 9.76. The molecule has 0 radical (unpaired) electrons. The predicted octanol–water partition coefficient (Wildman–Crippen LogP) is 2.77. The third-order valence-electron chi connectivity index (χ3n) is 1.70. The summed E-state index contributed by atoms with van der Waals surface area (Å²) in [6.07, 6.45) is 1.70. The van der Waals surface area contributed by atoms with E-state index < -0.39 is 5.60 Å². The van der Waals surface area contributed by atoms with Gasteiger partial charge in [0.25, 0.3) is 0 Å². The Morgan fingerprint density at radius 3 is 2.64 bits per heavy atom. The van der Waals surface area contributed by atoms with E-state index in [1.807, 2.05) is 30.3 Å². The molecule has 0 aliphatic carbocycles. The quantitative estimate of drug-likeness (QED) is 0.867. The highest BCUT2D eigenvalue weighted by molar-refractivity contribution is 14.1. The largest absolute Gasteiger partial charge is 0.490 e. The van der Waals surface area contributed by atoms with Crippen LogP contribution in [0.2, 0.25) is 0 Å². The van der Waals surface area contributed by atoms with Gasteiger partial charge in [-0.2, -0.15) is 0 Å². The smallest absolute Gasteiger partial charge is 0.120 e. The van der Waals surface area contributed by atoms with Gasteiger partial charge in [-0.05, 0) is 29.2 Å². The van der Waals surface area contributed by atoms with E-state index in [9.17, 15) is 5.11 Å². The first-order valence-electron chi connectivity index (χ1n) is 4.32. The Morgan fingerprint density at radius 1 is 1.43 bits per heavy atom. The molecule has 0 fully saturated rings. The van der Waals surface area contributed by atoms with Crippen LogP contribution in [-0.2, 0) is 0 Å². The molecule has 0 aliphatic rings. The lowest BCUT2D eigenvalue weighted by molar-refractivity contribution is 0.0546. The average molecular weight is 304 g/mol. The van der Waals surface area contributed by atoms with Gasteiger partial charge in [0, 0.05) is 0 Å². The first-order chi connectivity index (χ1) is 6.64. The van der Waals surface area contributed by atoms with Gasteiger partial charge in [0.05, 0.1) is 0 Å². The fraction of sp³-hybridized carbons (Fsp3) is 0.273. The van der Waals surface area contributed by atoms with Gasteiger partial charge in [0.15, 0.2) is 0 Å². The molecular formula is C11H13IO2. The first kappa shape index (κ1) is 11.5. The van der Waals surface area contributed by atoms with Crippen molar-refractivity contribution in [3.63, 3.8) is 0 Å². The van der Waals surface area contributed by atoms with Gasteiger partial charge in [0.1, 0.15) is 18.0 Å². The maximum absolute atomic E-state index is 9.76. The van der Waals surface area contributed by atoms with Crippen LogP contribution in [-0.4, -0.2) is 17.3 Å². The number of para-hydroxylation sites is 1. The van der Waals surface area contributed by atoms with Crippen LogP contribution in [0.5, 0.6) is 5.75 Å². The van der Waals surface area contributed by atoms with Gasteiger partial charge in [0.2, 0.25) is 0 Å². The number of ether oxygens (including phenoxy) is 1. The highest BCUT2D eigenvalue weighted by Crippen LogP contribution is 2.13. The van der Waals surface area contributed by atoms with Crippen molar-refractivity contribution in [1.82, 2.24) is 0 Å². The van der Waals surface area contributed by atoms with E-state index >= 15 is 0 Å². The van der Waals surface area contributed by atoms with Crippen LogP contribution in [0.15, 0.2) is 40.5 Å². The van der Waals surface area contributed by atoms with Gasteiger partial charge in [-0.1, -0.05) is 40.8 Å². The van der Waals surface area contributed by atoms with Crippen LogP contribution in [0.1, 0.15) is 6.92 Å². The Labute approximate surface area is 97.7 Å². The number of hydrogen-bond acceptors (Lipinski definition) is 2. The molecule has 1 aromatic carbocycles. The number of rotatable bonds is 4. The topological polar surface area (TPSA) is 29.5 Å². The fourth-order valence-electron chi connectivity index (χ4n) is 0.930. The van der Waals surface area contributed by atoms with Crippen molar-refractivity contribution in [2.24, 2.45) is 0 Å². The Morgan fingerprint density at radius 2 is 2.07 bits per heavy atom. The molecular weight excluding hydrogens is 291 g/mol. The van der Waals surface area contributed by atoms with Gasteiger partial charge < -0.3 is 9.84 Å². The van der Waals surface area contributed by atoms with Crippen molar-refractivity contribution >= 4 is 22.6 Å². The number of benzene rings is 1. The molecule has 0 saturated carbocycles. The van der Waals surface area contributed by atoms with Crippen LogP contribution in [0.4, 0.5) is 0 Å². The second kappa shape index (κ2) is 5.36. The minimum atomic E-state index is -0.906. The fourth-order valence-corrected chi connectivity index (χ4v) is 1.70. The molecule has 0 bridgehead atoms. The Bertz CT molecular complexity index is 293. The SMILES string of the molecule is CC(O)(C=CI)COc1ccccc1. The molecule has 0 saturated heterocycles. The van der Waals surface area contributed by atoms with Crippen molar-refractivity contribution in [1.29, 1.82) is 0 Å². The summed E-state index contributed by atoms with van der Waals surface area (Å²) in [4.78, 5) is 0. The third-order valence-corrected chi connectivity index (χ3v) is 2.06. The zero-order valence-electron chi connectivity index (χ0n) is 7.98. The van der Waals surface area contributed by atoms with Crippen molar-refractivity contribution < 1.29 is 9.84 Å². The second-order valence-corrected chi connectivity index (χ2v) is 3.97. The minimum Gasteiger partial charge on any atom is -0.490 e. The number of aliphatic hydroxyl groups is 1. The molecule has 2 nitrogen and oxygen atoms in total. The van der Waals surface area contributed by atoms with E-state index in [2.05, 4.69) is 22.6 Å². The van der Waals surface area contributed by atoms with Gasteiger partial charge in [-0.15, -0.1) is 0 Å². The summed E-state index contributed by atoms with van der Waals surface area (Å²) in [5.74, 6) is 0.773. The Balaban J connectivity index is 2.49. The van der Waals surface area contributed by atoms with E-state index in [0.717, 1.165) is 5.75 Å². The highest BCUT2D eigenvalue weighted by atomic mass is 127. The molecule has 1 aromatic rings. The maximum atomic E-state index is 9.76. The summed E-state index contributed by atoms with van der Waals surface area (Å²) < 4.78 is 7.20. The van der Waals surface area contributed by atoms with Crippen LogP contribution in [0.25, 0.3) is 0 Å². The molecule has 3 heteroatoms. The second-order valence-electron chi connectivity index (χ2n) is 3.25. The van der Waals surface area contributed by atoms with E-state index in [-0.39, 0.29) is 6.61 Å². The van der Waals surface area contributed by atoms with Crippen LogP contribution in [0.3, 0.4) is 0 Å². The summed E-state index contributed by atoms with van der Waals surface area (Å²) >= 11 is 2.07. The standard InChI is InChI=1S/C11H13IO2/c1-11(13,7-8-12)9-14-10-5-3-2-4-6-10/h2-8,13H,9H2,1H3. The molecule has 1 unspecified atom stereocenters. The van der Waals surface area contributed by atoms with E-state index in [1.54, 1.807) is 17.1 Å². The zero-order chi connectivity index (χ0) is 10.4. The van der Waals surface area contributed by atoms with Crippen molar-refractivity contribution in [2.75, 3.05) is 6.61 Å². The average Bonchev–Trinajstić information content (AvgIpc) is 2.17. The molecule has 1 atom stereocenters. The molecule has 1 rings (SSSR count). The first-order valence-corrected chi connectivity index (χ1v) is 5.57. The lowest BCUT2D eigenvalue weighted by Crippen LogP contribution is -2.29. The van der Waals surface area contributed by atoms with E-state index in [1.165, 1.54) is 0 Å². The van der Waals surface area contributed by atoms with Gasteiger partial charge in [-0.3, -0.25) is 0 Å². The third kappa shape index (κ3) is 4.11. The lowest BCUT2D eigenvalue weighted by Gasteiger charge is -2.19. The van der Waals surface area contributed by atoms with Crippen molar-refractivity contribution in [3.8, 4) is 5.75 Å². The van der Waals surface area contributed by atoms with Gasteiger partial charge >= 0.3 is 0 Å². The normalized spacial score (nSPS) is 15.4. The molecule has 0 heterocycles. The van der Waals surface area contributed by atoms with Crippen molar-refractivity contribution in [3.05, 3.63) is 40.5 Å². The molecule has 1 N–H and O–H groups in total. The molecule has 0 amide bonds. The molecule has 0 aliphatic heterocycles. The summed E-state index contributed by atoms with van der Waals surface area (Å²) in [6.45, 7) is 1.97. The highest BCUT2D eigenvalue weighted by Gasteiger charge is 2.16. The van der Waals surface area contributed by atoms with Crippen LogP contribution < -0.4 is 4.74 Å². The van der Waals surface area contributed by atoms with Crippen LogP contribution in [0, 0.1) is 0 Å². The Hall–Kier alpha value is -0.550. The molecule has 14 heavy (non-hydrogen) atoms. The maximum Gasteiger partial charge on any atom is 0.120 e. The molecule has 0 spiro atoms. The van der Waals surface area contributed by atoms with E-state index in [0.29, 0.717) is 0 Å². The Kier molecular flexibility index (Phi) is 4.41. The van der Waals surface area contributed by atoms with E-state index in [4.69, 9.17) is 4.74 Å². The zero-order valence-corrected chi connectivity index (χ0v) is 10.1. The monoisotopic (exact) mass is 304 g/mol. The summed E-state index contributed by atoms with van der Waals surface area (Å²) in [7, 11) is 0. The predicted molar refractivity (Wildman–Crippen MR) is 65.7 cm³/mol. The minimum absolute atomic E-state index is 0.260. The van der Waals surface area contributed by atoms with Crippen LogP contribution >= 0.6 is 22.6 Å². The molecule has 0 aromatic heterocycles. The number of halogens is 1. The summed E-state index contributed by atoms with van der Waals surface area (Å²) in [5.41, 5.74) is -0.906. The number of hydrogen-bond donors (Lipinski definition) is 1. The van der Waals surface area contributed by atoms with Crippen molar-refractivity contribution in [2.45, 2.75) is 12.5 Å². The lowest BCUT2D eigenvalue weighted by atomic mass is 10.1. The summed E-state index contributed by atoms with van der Waals surface area (Å²) in [6, 6.07) is 9.46.